The number of rotatable bonds is 10. The molecule has 2 N–H and O–H groups in total. The molecule has 0 bridgehead atoms. The minimum absolute atomic E-state index is 0.173. The molecule has 3 aromatic heterocycles. The second-order valence-corrected chi connectivity index (χ2v) is 11.6. The van der Waals surface area contributed by atoms with E-state index in [1.807, 2.05) is 54.9 Å². The number of methoxy groups -OCH3 is 1. The lowest BCUT2D eigenvalue weighted by Crippen LogP contribution is -2.31. The summed E-state index contributed by atoms with van der Waals surface area (Å²) in [6.07, 6.45) is 9.80. The number of amides is 1. The van der Waals surface area contributed by atoms with Gasteiger partial charge in [0.05, 0.1) is 40.0 Å². The molecule has 44 heavy (non-hydrogen) atoms. The van der Waals surface area contributed by atoms with Gasteiger partial charge in [0.1, 0.15) is 11.6 Å². The summed E-state index contributed by atoms with van der Waals surface area (Å²) in [7, 11) is 1.67. The second-order valence-electron chi connectivity index (χ2n) is 10.8. The molecule has 0 radical (unpaired) electrons. The summed E-state index contributed by atoms with van der Waals surface area (Å²) in [5.74, 6) is 1.22. The first kappa shape index (κ1) is 29.8. The van der Waals surface area contributed by atoms with Crippen LogP contribution in [0.1, 0.15) is 57.3 Å². The number of ether oxygens (including phenoxy) is 1. The van der Waals surface area contributed by atoms with E-state index in [1.165, 1.54) is 18.0 Å². The normalized spacial score (nSPS) is 14.3. The number of carbonyl (C=O) groups is 1. The van der Waals surface area contributed by atoms with Crippen LogP contribution in [0.3, 0.4) is 0 Å². The molecule has 6 rings (SSSR count). The van der Waals surface area contributed by atoms with E-state index in [9.17, 15) is 4.79 Å². The number of H-pyrrole nitrogens is 1. The molecule has 0 saturated carbocycles. The standard InChI is InChI=1S/C34H32Cl2N6O2/c1-44-30-10-3-2-8-26(30)33-39-17-25(41-33)21-42(29-9-4-6-24-7-5-15-38-32(24)29)20-23-13-11-22(12-14-23)16-40-34(43)31-27(35)18-37-19-28(31)36/h2-3,5,7-8,10-15,17-19,29H,4,6,9,16,20-21H2,1H3,(H,39,41)(H,40,43). The summed E-state index contributed by atoms with van der Waals surface area (Å²) >= 11 is 12.3. The molecule has 0 saturated heterocycles. The zero-order valence-electron chi connectivity index (χ0n) is 24.3. The Morgan fingerprint density at radius 2 is 1.75 bits per heavy atom. The van der Waals surface area contributed by atoms with E-state index < -0.39 is 0 Å². The number of fused-ring (bicyclic) bond motifs is 1. The van der Waals surface area contributed by atoms with Gasteiger partial charge in [0, 0.05) is 50.1 Å². The third kappa shape index (κ3) is 6.63. The molecule has 224 valence electrons. The van der Waals surface area contributed by atoms with Crippen LogP contribution in [0.15, 0.2) is 85.5 Å². The number of carbonyl (C=O) groups excluding carboxylic acids is 1. The lowest BCUT2D eigenvalue weighted by molar-refractivity contribution is 0.0951. The molecule has 1 atom stereocenters. The Labute approximate surface area is 266 Å². The number of nitrogens with one attached hydrogen (secondary N) is 2. The molecule has 5 aromatic rings. The van der Waals surface area contributed by atoms with E-state index >= 15 is 0 Å². The predicted molar refractivity (Wildman–Crippen MR) is 172 cm³/mol. The lowest BCUT2D eigenvalue weighted by atomic mass is 9.90. The average molecular weight is 628 g/mol. The summed E-state index contributed by atoms with van der Waals surface area (Å²) in [6, 6.07) is 20.5. The highest BCUT2D eigenvalue weighted by atomic mass is 35.5. The average Bonchev–Trinajstić information content (AvgIpc) is 3.52. The Morgan fingerprint density at radius 3 is 2.55 bits per heavy atom. The minimum Gasteiger partial charge on any atom is -0.496 e. The molecule has 2 aromatic carbocycles. The third-order valence-corrected chi connectivity index (χ3v) is 8.49. The van der Waals surface area contributed by atoms with Crippen molar-refractivity contribution in [3.63, 3.8) is 0 Å². The first-order valence-electron chi connectivity index (χ1n) is 14.5. The molecule has 10 heteroatoms. The number of hydrogen-bond donors (Lipinski definition) is 2. The summed E-state index contributed by atoms with van der Waals surface area (Å²) < 4.78 is 5.56. The van der Waals surface area contributed by atoms with Crippen LogP contribution in [0.25, 0.3) is 11.4 Å². The Hall–Kier alpha value is -4.24. The summed E-state index contributed by atoms with van der Waals surface area (Å²) in [5, 5.41) is 3.34. The van der Waals surface area contributed by atoms with Crippen LogP contribution in [-0.2, 0) is 26.1 Å². The minimum atomic E-state index is -0.340. The number of pyridine rings is 2. The van der Waals surface area contributed by atoms with Gasteiger partial charge in [0.25, 0.3) is 5.91 Å². The van der Waals surface area contributed by atoms with Gasteiger partial charge >= 0.3 is 0 Å². The first-order valence-corrected chi connectivity index (χ1v) is 15.3. The fourth-order valence-corrected chi connectivity index (χ4v) is 6.28. The van der Waals surface area contributed by atoms with Crippen LogP contribution in [0, 0.1) is 0 Å². The fraction of sp³-hybridized carbons (Fsp3) is 0.235. The van der Waals surface area contributed by atoms with Crippen LogP contribution in [-0.4, -0.2) is 37.9 Å². The van der Waals surface area contributed by atoms with Gasteiger partial charge in [0.2, 0.25) is 0 Å². The van der Waals surface area contributed by atoms with Gasteiger partial charge in [0.15, 0.2) is 0 Å². The lowest BCUT2D eigenvalue weighted by Gasteiger charge is -2.35. The third-order valence-electron chi connectivity index (χ3n) is 7.91. The Morgan fingerprint density at radius 1 is 0.977 bits per heavy atom. The molecule has 0 aliphatic heterocycles. The summed E-state index contributed by atoms with van der Waals surface area (Å²) in [6.45, 7) is 1.74. The molecule has 8 nitrogen and oxygen atoms in total. The Balaban J connectivity index is 1.20. The zero-order valence-corrected chi connectivity index (χ0v) is 25.8. The van der Waals surface area contributed by atoms with E-state index in [4.69, 9.17) is 37.9 Å². The number of para-hydroxylation sites is 1. The molecule has 0 spiro atoms. The molecule has 3 heterocycles. The highest BCUT2D eigenvalue weighted by molar-refractivity contribution is 6.39. The van der Waals surface area contributed by atoms with Gasteiger partial charge in [-0.3, -0.25) is 19.7 Å². The molecule has 0 fully saturated rings. The topological polar surface area (TPSA) is 96.0 Å². The predicted octanol–water partition coefficient (Wildman–Crippen LogP) is 7.19. The number of hydrogen-bond acceptors (Lipinski definition) is 6. The van der Waals surface area contributed by atoms with E-state index in [0.717, 1.165) is 65.5 Å². The van der Waals surface area contributed by atoms with Crippen LogP contribution in [0.5, 0.6) is 5.75 Å². The van der Waals surface area contributed by atoms with Crippen LogP contribution < -0.4 is 10.1 Å². The van der Waals surface area contributed by atoms with Crippen molar-refractivity contribution in [3.05, 3.63) is 129 Å². The van der Waals surface area contributed by atoms with E-state index in [-0.39, 0.29) is 27.6 Å². The molecule has 1 unspecified atom stereocenters. The van der Waals surface area contributed by atoms with Crippen molar-refractivity contribution in [2.75, 3.05) is 7.11 Å². The monoisotopic (exact) mass is 626 g/mol. The van der Waals surface area contributed by atoms with Crippen molar-refractivity contribution in [2.24, 2.45) is 0 Å². The number of aryl methyl sites for hydroxylation is 1. The number of benzene rings is 2. The molecular weight excluding hydrogens is 595 g/mol. The van der Waals surface area contributed by atoms with Gasteiger partial charge in [-0.25, -0.2) is 4.98 Å². The maximum atomic E-state index is 12.7. The molecule has 1 aliphatic rings. The van der Waals surface area contributed by atoms with Crippen LogP contribution in [0.4, 0.5) is 0 Å². The Bertz CT molecular complexity index is 1740. The smallest absolute Gasteiger partial charge is 0.254 e. The molecule has 1 amide bonds. The maximum Gasteiger partial charge on any atom is 0.254 e. The van der Waals surface area contributed by atoms with E-state index in [0.29, 0.717) is 13.1 Å². The van der Waals surface area contributed by atoms with E-state index in [1.54, 1.807) is 7.11 Å². The van der Waals surface area contributed by atoms with Crippen molar-refractivity contribution in [1.29, 1.82) is 0 Å². The number of nitrogens with zero attached hydrogens (tertiary/aromatic N) is 4. The van der Waals surface area contributed by atoms with Crippen molar-refractivity contribution in [2.45, 2.75) is 44.9 Å². The summed E-state index contributed by atoms with van der Waals surface area (Å²) in [5.41, 5.74) is 6.76. The summed E-state index contributed by atoms with van der Waals surface area (Å²) in [4.78, 5) is 32.1. The van der Waals surface area contributed by atoms with Gasteiger partial charge in [-0.15, -0.1) is 0 Å². The van der Waals surface area contributed by atoms with Crippen molar-refractivity contribution >= 4 is 29.1 Å². The quantitative estimate of drug-likeness (QED) is 0.170. The number of aromatic amines is 1. The molecular formula is C34H32Cl2N6O2. The first-order chi connectivity index (χ1) is 21.5. The number of imidazole rings is 1. The SMILES string of the molecule is COc1ccccc1-c1ncc(CN(Cc2ccc(CNC(=O)c3c(Cl)cncc3Cl)cc2)C2CCCc3cccnc32)[nH]1. The maximum absolute atomic E-state index is 12.7. The highest BCUT2D eigenvalue weighted by Gasteiger charge is 2.28. The van der Waals surface area contributed by atoms with Crippen LogP contribution in [0.2, 0.25) is 10.0 Å². The van der Waals surface area contributed by atoms with Crippen molar-refractivity contribution in [1.82, 2.24) is 30.2 Å². The van der Waals surface area contributed by atoms with Gasteiger partial charge < -0.3 is 15.0 Å². The Kier molecular flexibility index (Phi) is 9.21. The largest absolute Gasteiger partial charge is 0.496 e. The number of halogens is 2. The number of aromatic nitrogens is 4. The van der Waals surface area contributed by atoms with Crippen molar-refractivity contribution in [3.8, 4) is 17.1 Å². The fourth-order valence-electron chi connectivity index (χ4n) is 5.75. The molecule has 1 aliphatic carbocycles. The highest BCUT2D eigenvalue weighted by Crippen LogP contribution is 2.35. The van der Waals surface area contributed by atoms with Gasteiger partial charge in [-0.05, 0) is 54.2 Å². The second kappa shape index (κ2) is 13.6. The van der Waals surface area contributed by atoms with E-state index in [2.05, 4.69) is 38.4 Å². The van der Waals surface area contributed by atoms with Crippen molar-refractivity contribution < 1.29 is 9.53 Å². The van der Waals surface area contributed by atoms with Crippen LogP contribution >= 0.6 is 23.2 Å². The van der Waals surface area contributed by atoms with Gasteiger partial charge in [-0.1, -0.05) is 65.7 Å². The zero-order chi connectivity index (χ0) is 30.5. The van der Waals surface area contributed by atoms with Gasteiger partial charge in [-0.2, -0.15) is 0 Å².